The van der Waals surface area contributed by atoms with Crippen molar-refractivity contribution in [3.05, 3.63) is 71.8 Å². The number of nitrogens with two attached hydrogens (primary N) is 2. The van der Waals surface area contributed by atoms with Crippen molar-refractivity contribution in [1.82, 2.24) is 4.98 Å². The summed E-state index contributed by atoms with van der Waals surface area (Å²) in [5, 5.41) is 9.13. The van der Waals surface area contributed by atoms with E-state index in [4.69, 9.17) is 16.5 Å². The zero-order valence-electron chi connectivity index (χ0n) is 17.2. The molecule has 3 aromatic carbocycles. The lowest BCUT2D eigenvalue weighted by Crippen LogP contribution is -2.24. The van der Waals surface area contributed by atoms with Crippen molar-refractivity contribution >= 4 is 44.8 Å². The minimum absolute atomic E-state index is 0.0983. The number of hydrogen-bond acceptors (Lipinski definition) is 4. The lowest BCUT2D eigenvalue weighted by atomic mass is 10.1. The summed E-state index contributed by atoms with van der Waals surface area (Å²) in [6.07, 6.45) is 0. The number of rotatable bonds is 6. The Morgan fingerprint density at radius 1 is 0.867 bits per heavy atom. The van der Waals surface area contributed by atoms with Crippen LogP contribution in [0.25, 0.3) is 21.8 Å². The molecule has 6 N–H and O–H groups in total. The summed E-state index contributed by atoms with van der Waals surface area (Å²) in [7, 11) is 0. The molecule has 0 radical (unpaired) electrons. The van der Waals surface area contributed by atoms with Gasteiger partial charge in [-0.3, -0.25) is 4.99 Å². The smallest absolute Gasteiger partial charge is 0.185 e. The van der Waals surface area contributed by atoms with Crippen LogP contribution in [0.1, 0.15) is 11.1 Å². The van der Waals surface area contributed by atoms with Crippen molar-refractivity contribution in [1.29, 1.82) is 0 Å². The first-order chi connectivity index (χ1) is 14.5. The quantitative estimate of drug-likeness (QED) is 0.167. The molecule has 0 spiro atoms. The molecule has 152 valence electrons. The summed E-state index contributed by atoms with van der Waals surface area (Å²) in [6, 6.07) is 20.7. The van der Waals surface area contributed by atoms with Crippen LogP contribution in [0.15, 0.2) is 65.7 Å². The molecule has 0 atom stereocenters. The molecule has 0 amide bonds. The fraction of sp³-hybridized carbons (Fsp3) is 0.167. The monoisotopic (exact) mass is 398 g/mol. The number of guanidine groups is 1. The zero-order chi connectivity index (χ0) is 21.1. The number of nitrogens with zero attached hydrogens (tertiary/aromatic N) is 2. The maximum Gasteiger partial charge on any atom is 0.185 e. The molecule has 4 aromatic rings. The number of aliphatic imine (C=N–C) groups is 1. The van der Waals surface area contributed by atoms with E-state index in [-0.39, 0.29) is 5.96 Å². The number of hydrogen-bond donors (Lipinski definition) is 4. The molecule has 0 fully saturated rings. The van der Waals surface area contributed by atoms with Gasteiger partial charge in [0.1, 0.15) is 0 Å². The molecule has 4 rings (SSSR count). The van der Waals surface area contributed by atoms with Gasteiger partial charge in [0.25, 0.3) is 0 Å². The third kappa shape index (κ3) is 4.12. The number of anilines is 3. The van der Waals surface area contributed by atoms with E-state index in [0.29, 0.717) is 13.1 Å². The predicted octanol–water partition coefficient (Wildman–Crippen LogP) is 4.43. The van der Waals surface area contributed by atoms with Crippen LogP contribution in [0.3, 0.4) is 0 Å². The van der Waals surface area contributed by atoms with E-state index in [0.717, 1.165) is 38.9 Å². The van der Waals surface area contributed by atoms with Gasteiger partial charge in [-0.25, -0.2) is 4.98 Å². The number of aryl methyl sites for hydroxylation is 2. The van der Waals surface area contributed by atoms with Crippen LogP contribution < -0.4 is 22.1 Å². The lowest BCUT2D eigenvalue weighted by molar-refractivity contribution is 1.02. The van der Waals surface area contributed by atoms with Crippen LogP contribution in [0.2, 0.25) is 0 Å². The average molecular weight is 399 g/mol. The van der Waals surface area contributed by atoms with E-state index < -0.39 is 0 Å². The number of fused-ring (bicyclic) bond motifs is 2. The van der Waals surface area contributed by atoms with Crippen molar-refractivity contribution < 1.29 is 0 Å². The molecule has 6 heteroatoms. The summed E-state index contributed by atoms with van der Waals surface area (Å²) in [5.74, 6) is 0.0983. The highest BCUT2D eigenvalue weighted by Gasteiger charge is 2.10. The Hall–Kier alpha value is -3.80. The molecular weight excluding hydrogens is 372 g/mol. The average Bonchev–Trinajstić information content (AvgIpc) is 2.73. The Morgan fingerprint density at radius 2 is 1.60 bits per heavy atom. The predicted molar refractivity (Wildman–Crippen MR) is 128 cm³/mol. The maximum atomic E-state index is 5.45. The minimum atomic E-state index is 0.0983. The van der Waals surface area contributed by atoms with Crippen LogP contribution in [0, 0.1) is 13.8 Å². The molecule has 0 bridgehead atoms. The number of pyridine rings is 1. The number of benzene rings is 3. The summed E-state index contributed by atoms with van der Waals surface area (Å²) in [4.78, 5) is 8.90. The molecule has 0 aliphatic carbocycles. The number of aromatic nitrogens is 1. The second-order valence-electron chi connectivity index (χ2n) is 7.39. The van der Waals surface area contributed by atoms with Crippen molar-refractivity contribution in [3.63, 3.8) is 0 Å². The molecule has 0 saturated heterocycles. The molecular formula is C24H26N6. The van der Waals surface area contributed by atoms with Crippen LogP contribution in [0.5, 0.6) is 0 Å². The van der Waals surface area contributed by atoms with E-state index in [1.165, 1.54) is 11.1 Å². The molecule has 0 unspecified atom stereocenters. The van der Waals surface area contributed by atoms with Crippen molar-refractivity contribution in [3.8, 4) is 0 Å². The van der Waals surface area contributed by atoms with Crippen LogP contribution in [-0.4, -0.2) is 24.0 Å². The third-order valence-corrected chi connectivity index (χ3v) is 5.18. The van der Waals surface area contributed by atoms with Gasteiger partial charge >= 0.3 is 0 Å². The highest BCUT2D eigenvalue weighted by Crippen LogP contribution is 2.33. The fourth-order valence-electron chi connectivity index (χ4n) is 3.51. The summed E-state index contributed by atoms with van der Waals surface area (Å²) in [5.41, 5.74) is 18.4. The van der Waals surface area contributed by atoms with Gasteiger partial charge < -0.3 is 22.1 Å². The number of para-hydroxylation sites is 1. The fourth-order valence-corrected chi connectivity index (χ4v) is 3.51. The summed E-state index contributed by atoms with van der Waals surface area (Å²) in [6.45, 7) is 5.36. The van der Waals surface area contributed by atoms with Gasteiger partial charge in [0, 0.05) is 28.7 Å². The Bertz CT molecular complexity index is 1240. The molecule has 0 aliphatic heterocycles. The van der Waals surface area contributed by atoms with E-state index in [1.807, 2.05) is 24.3 Å². The van der Waals surface area contributed by atoms with Gasteiger partial charge in [-0.15, -0.1) is 0 Å². The normalized spacial score (nSPS) is 10.9. The first kappa shape index (κ1) is 19.5. The van der Waals surface area contributed by atoms with Gasteiger partial charge in [0.2, 0.25) is 0 Å². The first-order valence-electron chi connectivity index (χ1n) is 9.97. The first-order valence-corrected chi connectivity index (χ1v) is 9.97. The van der Waals surface area contributed by atoms with Gasteiger partial charge in [-0.2, -0.15) is 0 Å². The van der Waals surface area contributed by atoms with E-state index >= 15 is 0 Å². The molecule has 0 aliphatic rings. The Labute approximate surface area is 176 Å². The lowest BCUT2D eigenvalue weighted by Gasteiger charge is -2.15. The second-order valence-corrected chi connectivity index (χ2v) is 7.39. The molecule has 6 nitrogen and oxygen atoms in total. The highest BCUT2D eigenvalue weighted by molar-refractivity contribution is 6.08. The van der Waals surface area contributed by atoms with Crippen LogP contribution >= 0.6 is 0 Å². The second kappa shape index (κ2) is 8.29. The highest BCUT2D eigenvalue weighted by atomic mass is 15.0. The van der Waals surface area contributed by atoms with E-state index in [9.17, 15) is 0 Å². The van der Waals surface area contributed by atoms with Crippen molar-refractivity contribution in [2.24, 2.45) is 16.5 Å². The minimum Gasteiger partial charge on any atom is -0.382 e. The van der Waals surface area contributed by atoms with E-state index in [1.54, 1.807) is 0 Å². The Morgan fingerprint density at radius 3 is 2.40 bits per heavy atom. The standard InChI is InChI=1S/C24H26N6/c1-15-7-8-17(13-16(15)2)29-18-9-10-22-20(14-18)23(27-11-12-28-24(25)26)19-5-3-4-6-21(19)30-22/h3-10,13-14,29H,11-12H2,1-2H3,(H,27,30)(H4,25,26,28). The SMILES string of the molecule is Cc1ccc(Nc2ccc3nc4ccccc4c(NCCN=C(N)N)c3c2)cc1C. The van der Waals surface area contributed by atoms with Crippen LogP contribution in [-0.2, 0) is 0 Å². The molecule has 30 heavy (non-hydrogen) atoms. The topological polar surface area (TPSA) is 101 Å². The van der Waals surface area contributed by atoms with Crippen LogP contribution in [0.4, 0.5) is 17.1 Å². The van der Waals surface area contributed by atoms with Gasteiger partial charge in [0.05, 0.1) is 23.3 Å². The van der Waals surface area contributed by atoms with E-state index in [2.05, 4.69) is 65.9 Å². The number of nitrogens with one attached hydrogen (secondary N) is 2. The summed E-state index contributed by atoms with van der Waals surface area (Å²) < 4.78 is 0. The molecule has 1 aromatic heterocycles. The largest absolute Gasteiger partial charge is 0.382 e. The van der Waals surface area contributed by atoms with Gasteiger partial charge in [-0.1, -0.05) is 24.3 Å². The third-order valence-electron chi connectivity index (χ3n) is 5.18. The maximum absolute atomic E-state index is 5.45. The van der Waals surface area contributed by atoms with Gasteiger partial charge in [0.15, 0.2) is 5.96 Å². The molecule has 1 heterocycles. The molecule has 0 saturated carbocycles. The zero-order valence-corrected chi connectivity index (χ0v) is 17.2. The van der Waals surface area contributed by atoms with Crippen molar-refractivity contribution in [2.75, 3.05) is 23.7 Å². The Kier molecular flexibility index (Phi) is 5.39. The Balaban J connectivity index is 1.74. The summed E-state index contributed by atoms with van der Waals surface area (Å²) >= 11 is 0. The van der Waals surface area contributed by atoms with Crippen molar-refractivity contribution in [2.45, 2.75) is 13.8 Å². The van der Waals surface area contributed by atoms with Gasteiger partial charge in [-0.05, 0) is 61.4 Å².